The lowest BCUT2D eigenvalue weighted by molar-refractivity contribution is 0.194. The molecule has 0 amide bonds. The SMILES string of the molecule is CC(O)c1cn(Cc2nc(C(C)(C)C)cs2)nn1. The van der Waals surface area contributed by atoms with Gasteiger partial charge >= 0.3 is 0 Å². The van der Waals surface area contributed by atoms with Gasteiger partial charge in [-0.05, 0) is 6.92 Å². The van der Waals surface area contributed by atoms with Gasteiger partial charge in [0, 0.05) is 10.8 Å². The lowest BCUT2D eigenvalue weighted by atomic mass is 9.93. The number of thiazole rings is 1. The molecule has 1 unspecified atom stereocenters. The Hall–Kier alpha value is -1.27. The molecule has 98 valence electrons. The van der Waals surface area contributed by atoms with E-state index in [-0.39, 0.29) is 5.41 Å². The van der Waals surface area contributed by atoms with Gasteiger partial charge in [-0.25, -0.2) is 9.67 Å². The molecule has 5 nitrogen and oxygen atoms in total. The van der Waals surface area contributed by atoms with Gasteiger partial charge < -0.3 is 5.11 Å². The lowest BCUT2D eigenvalue weighted by Gasteiger charge is -2.14. The van der Waals surface area contributed by atoms with Crippen LogP contribution in [0.2, 0.25) is 0 Å². The second kappa shape index (κ2) is 4.78. The van der Waals surface area contributed by atoms with E-state index < -0.39 is 6.10 Å². The van der Waals surface area contributed by atoms with Crippen molar-refractivity contribution in [3.05, 3.63) is 28.0 Å². The van der Waals surface area contributed by atoms with E-state index in [0.717, 1.165) is 10.7 Å². The van der Waals surface area contributed by atoms with E-state index >= 15 is 0 Å². The van der Waals surface area contributed by atoms with E-state index in [9.17, 15) is 5.11 Å². The summed E-state index contributed by atoms with van der Waals surface area (Å²) in [5.41, 5.74) is 1.75. The maximum Gasteiger partial charge on any atom is 0.114 e. The summed E-state index contributed by atoms with van der Waals surface area (Å²) in [7, 11) is 0. The van der Waals surface area contributed by atoms with E-state index in [4.69, 9.17) is 0 Å². The van der Waals surface area contributed by atoms with Crippen LogP contribution in [0.1, 0.15) is 50.2 Å². The smallest absolute Gasteiger partial charge is 0.114 e. The predicted molar refractivity (Wildman–Crippen MR) is 70.6 cm³/mol. The van der Waals surface area contributed by atoms with Gasteiger partial charge in [0.25, 0.3) is 0 Å². The normalized spacial score (nSPS) is 13.8. The fourth-order valence-electron chi connectivity index (χ4n) is 1.45. The molecule has 0 bridgehead atoms. The minimum atomic E-state index is -0.583. The van der Waals surface area contributed by atoms with Crippen LogP contribution < -0.4 is 0 Å². The molecule has 0 spiro atoms. The third kappa shape index (κ3) is 2.94. The van der Waals surface area contributed by atoms with Crippen LogP contribution in [-0.2, 0) is 12.0 Å². The number of aromatic nitrogens is 4. The molecule has 0 saturated heterocycles. The van der Waals surface area contributed by atoms with Gasteiger partial charge in [0.1, 0.15) is 10.7 Å². The van der Waals surface area contributed by atoms with E-state index in [1.54, 1.807) is 29.1 Å². The highest BCUT2D eigenvalue weighted by Crippen LogP contribution is 2.24. The van der Waals surface area contributed by atoms with Crippen molar-refractivity contribution in [3.63, 3.8) is 0 Å². The molecule has 6 heteroatoms. The van der Waals surface area contributed by atoms with Crippen LogP contribution in [-0.4, -0.2) is 25.1 Å². The Kier molecular flexibility index (Phi) is 3.49. The number of rotatable bonds is 3. The predicted octanol–water partition coefficient (Wildman–Crippen LogP) is 2.13. The van der Waals surface area contributed by atoms with Crippen LogP contribution in [0.25, 0.3) is 0 Å². The number of aliphatic hydroxyl groups excluding tert-OH is 1. The zero-order valence-corrected chi connectivity index (χ0v) is 11.9. The minimum Gasteiger partial charge on any atom is -0.387 e. The first-order valence-corrected chi connectivity index (χ1v) is 6.77. The Labute approximate surface area is 110 Å². The molecule has 0 aromatic carbocycles. The molecule has 18 heavy (non-hydrogen) atoms. The fourth-order valence-corrected chi connectivity index (χ4v) is 2.46. The van der Waals surface area contributed by atoms with E-state index in [1.165, 1.54) is 0 Å². The summed E-state index contributed by atoms with van der Waals surface area (Å²) in [6.07, 6.45) is 1.17. The number of aliphatic hydroxyl groups is 1. The second-order valence-corrected chi connectivity index (χ2v) is 6.34. The molecule has 1 atom stereocenters. The Morgan fingerprint density at radius 2 is 2.17 bits per heavy atom. The molecule has 1 N–H and O–H groups in total. The fraction of sp³-hybridized carbons (Fsp3) is 0.583. The molecule has 0 saturated carbocycles. The van der Waals surface area contributed by atoms with Gasteiger partial charge in [-0.1, -0.05) is 26.0 Å². The third-order valence-electron chi connectivity index (χ3n) is 2.60. The average molecular weight is 266 g/mol. The number of hydrogen-bond acceptors (Lipinski definition) is 5. The summed E-state index contributed by atoms with van der Waals surface area (Å²) in [5, 5.41) is 20.4. The Morgan fingerprint density at radius 1 is 1.44 bits per heavy atom. The van der Waals surface area contributed by atoms with E-state index in [1.807, 2.05) is 0 Å². The van der Waals surface area contributed by atoms with Crippen LogP contribution in [0.5, 0.6) is 0 Å². The van der Waals surface area contributed by atoms with Gasteiger partial charge in [0.05, 0.1) is 24.5 Å². The van der Waals surface area contributed by atoms with Crippen molar-refractivity contribution in [1.29, 1.82) is 0 Å². The molecule has 2 heterocycles. The summed E-state index contributed by atoms with van der Waals surface area (Å²) in [4.78, 5) is 4.60. The Bertz CT molecular complexity index is 524. The number of hydrogen-bond donors (Lipinski definition) is 1. The van der Waals surface area contributed by atoms with Crippen molar-refractivity contribution >= 4 is 11.3 Å². The molecule has 0 aliphatic carbocycles. The molecular weight excluding hydrogens is 248 g/mol. The second-order valence-electron chi connectivity index (χ2n) is 5.39. The van der Waals surface area contributed by atoms with Crippen LogP contribution in [0, 0.1) is 0 Å². The third-order valence-corrected chi connectivity index (χ3v) is 3.44. The largest absolute Gasteiger partial charge is 0.387 e. The van der Waals surface area contributed by atoms with Crippen molar-refractivity contribution in [2.24, 2.45) is 0 Å². The highest BCUT2D eigenvalue weighted by molar-refractivity contribution is 7.09. The molecule has 2 aromatic heterocycles. The van der Waals surface area contributed by atoms with Gasteiger partial charge in [-0.2, -0.15) is 0 Å². The van der Waals surface area contributed by atoms with Gasteiger partial charge in [0.2, 0.25) is 0 Å². The zero-order chi connectivity index (χ0) is 13.3. The summed E-state index contributed by atoms with van der Waals surface area (Å²) in [6, 6.07) is 0. The van der Waals surface area contributed by atoms with Crippen LogP contribution in [0.15, 0.2) is 11.6 Å². The summed E-state index contributed by atoms with van der Waals surface area (Å²) >= 11 is 1.63. The molecule has 0 aliphatic rings. The molecule has 0 aliphatic heterocycles. The summed E-state index contributed by atoms with van der Waals surface area (Å²) in [5.74, 6) is 0. The molecular formula is C12H18N4OS. The van der Waals surface area contributed by atoms with Gasteiger partial charge in [-0.3, -0.25) is 0 Å². The maximum absolute atomic E-state index is 9.39. The average Bonchev–Trinajstić information content (AvgIpc) is 2.85. The summed E-state index contributed by atoms with van der Waals surface area (Å²) < 4.78 is 1.70. The van der Waals surface area contributed by atoms with Crippen molar-refractivity contribution < 1.29 is 5.11 Å². The van der Waals surface area contributed by atoms with Crippen molar-refractivity contribution in [2.45, 2.75) is 45.8 Å². The Balaban J connectivity index is 2.11. The maximum atomic E-state index is 9.39. The zero-order valence-electron chi connectivity index (χ0n) is 11.1. The standard InChI is InChI=1S/C12H18N4OS/c1-8(17)9-5-16(15-14-9)6-11-13-10(7-18-11)12(2,3)4/h5,7-8,17H,6H2,1-4H3. The van der Waals surface area contributed by atoms with Crippen LogP contribution >= 0.6 is 11.3 Å². The molecule has 0 radical (unpaired) electrons. The minimum absolute atomic E-state index is 0.0713. The first-order chi connectivity index (χ1) is 8.36. The van der Waals surface area contributed by atoms with E-state index in [2.05, 4.69) is 41.4 Å². The Morgan fingerprint density at radius 3 is 2.67 bits per heavy atom. The number of nitrogens with zero attached hydrogens (tertiary/aromatic N) is 4. The van der Waals surface area contributed by atoms with Crippen LogP contribution in [0.3, 0.4) is 0 Å². The highest BCUT2D eigenvalue weighted by atomic mass is 32.1. The lowest BCUT2D eigenvalue weighted by Crippen LogP contribution is -2.12. The first kappa shape index (κ1) is 13.2. The summed E-state index contributed by atoms with van der Waals surface area (Å²) in [6.45, 7) is 8.71. The molecule has 2 aromatic rings. The van der Waals surface area contributed by atoms with Crippen molar-refractivity contribution in [3.8, 4) is 0 Å². The topological polar surface area (TPSA) is 63.8 Å². The monoisotopic (exact) mass is 266 g/mol. The first-order valence-electron chi connectivity index (χ1n) is 5.89. The molecule has 0 fully saturated rings. The van der Waals surface area contributed by atoms with Crippen molar-refractivity contribution in [1.82, 2.24) is 20.0 Å². The van der Waals surface area contributed by atoms with Gasteiger partial charge in [-0.15, -0.1) is 16.4 Å². The van der Waals surface area contributed by atoms with Gasteiger partial charge in [0.15, 0.2) is 0 Å². The van der Waals surface area contributed by atoms with Crippen molar-refractivity contribution in [2.75, 3.05) is 0 Å². The quantitative estimate of drug-likeness (QED) is 0.924. The highest BCUT2D eigenvalue weighted by Gasteiger charge is 2.17. The molecule has 2 rings (SSSR count). The van der Waals surface area contributed by atoms with Crippen LogP contribution in [0.4, 0.5) is 0 Å². The van der Waals surface area contributed by atoms with E-state index in [0.29, 0.717) is 12.2 Å².